The summed E-state index contributed by atoms with van der Waals surface area (Å²) in [4.78, 5) is 25.6. The van der Waals surface area contributed by atoms with Crippen molar-refractivity contribution >= 4 is 11.8 Å². The van der Waals surface area contributed by atoms with Gasteiger partial charge in [-0.2, -0.15) is 0 Å². The Balaban J connectivity index is 1.85. The van der Waals surface area contributed by atoms with Crippen LogP contribution in [0.4, 0.5) is 0 Å². The number of nitrogens with two attached hydrogens (primary N) is 1. The van der Waals surface area contributed by atoms with Crippen LogP contribution in [0.3, 0.4) is 0 Å². The predicted molar refractivity (Wildman–Crippen MR) is 156 cm³/mol. The minimum atomic E-state index is -0.942. The zero-order chi connectivity index (χ0) is 29.3. The number of benzene rings is 2. The van der Waals surface area contributed by atoms with Gasteiger partial charge in [-0.05, 0) is 48.8 Å². The average molecular weight is 558 g/mol. The Morgan fingerprint density at radius 3 is 2.27 bits per heavy atom. The van der Waals surface area contributed by atoms with Gasteiger partial charge in [0.2, 0.25) is 5.91 Å². The van der Waals surface area contributed by atoms with Gasteiger partial charge in [0.25, 0.3) is 5.91 Å². The molecule has 0 aromatic heterocycles. The van der Waals surface area contributed by atoms with Gasteiger partial charge >= 0.3 is 0 Å². The van der Waals surface area contributed by atoms with Crippen molar-refractivity contribution in [3.63, 3.8) is 0 Å². The van der Waals surface area contributed by atoms with Crippen molar-refractivity contribution in [2.24, 2.45) is 17.6 Å². The molecular weight excluding hydrogens is 510 g/mol. The molecule has 0 saturated heterocycles. The molecule has 0 aliphatic heterocycles. The average Bonchev–Trinajstić information content (AvgIpc) is 2.96. The number of hydrogen-bond acceptors (Lipinski definition) is 7. The molecule has 5 N–H and O–H groups in total. The molecule has 2 amide bonds. The maximum atomic E-state index is 13.0. The van der Waals surface area contributed by atoms with Crippen LogP contribution in [0, 0.1) is 11.8 Å². The number of carbonyl (C=O) groups is 2. The first kappa shape index (κ1) is 33.2. The molecule has 0 fully saturated rings. The summed E-state index contributed by atoms with van der Waals surface area (Å²) in [7, 11) is 3.16. The number of aliphatic hydroxyl groups excluding tert-OH is 1. The van der Waals surface area contributed by atoms with Crippen LogP contribution >= 0.6 is 0 Å². The molecular formula is C31H47N3O6. The van der Waals surface area contributed by atoms with Gasteiger partial charge in [0.15, 0.2) is 0 Å². The first-order valence-corrected chi connectivity index (χ1v) is 14.0. The zero-order valence-corrected chi connectivity index (χ0v) is 24.3. The molecule has 222 valence electrons. The van der Waals surface area contributed by atoms with Gasteiger partial charge in [-0.25, -0.2) is 0 Å². The highest BCUT2D eigenvalue weighted by atomic mass is 16.5. The van der Waals surface area contributed by atoms with E-state index in [2.05, 4.69) is 24.5 Å². The van der Waals surface area contributed by atoms with Crippen molar-refractivity contribution in [2.75, 3.05) is 40.5 Å². The van der Waals surface area contributed by atoms with E-state index in [9.17, 15) is 14.7 Å². The van der Waals surface area contributed by atoms with E-state index in [0.29, 0.717) is 43.9 Å². The van der Waals surface area contributed by atoms with E-state index in [1.54, 1.807) is 25.3 Å². The number of rotatable bonds is 19. The van der Waals surface area contributed by atoms with E-state index >= 15 is 0 Å². The van der Waals surface area contributed by atoms with Crippen LogP contribution in [0.1, 0.15) is 49.0 Å². The lowest BCUT2D eigenvalue weighted by Gasteiger charge is -2.28. The molecule has 0 aliphatic carbocycles. The Morgan fingerprint density at radius 2 is 1.60 bits per heavy atom. The Kier molecular flexibility index (Phi) is 15.3. The van der Waals surface area contributed by atoms with Crippen molar-refractivity contribution in [3.8, 4) is 5.75 Å². The summed E-state index contributed by atoms with van der Waals surface area (Å²) in [5, 5.41) is 16.4. The largest absolute Gasteiger partial charge is 0.493 e. The van der Waals surface area contributed by atoms with E-state index in [4.69, 9.17) is 19.9 Å². The molecule has 0 spiro atoms. The highest BCUT2D eigenvalue weighted by Crippen LogP contribution is 2.20. The monoisotopic (exact) mass is 557 g/mol. The molecule has 9 nitrogen and oxygen atoms in total. The standard InChI is InChI=1S/C31H47N3O6/c1-22(2)24(20-33-30(36)25-14-8-9-15-28(25)40-17-11-10-16-38-3)19-26(32)27(35)21-34-31(37)29(39-4)18-23-12-6-5-7-13-23/h5-9,12-15,22,24,26-27,29,35H,10-11,16-21,32H2,1-4H3,(H,33,36)(H,34,37)/t24?,26?,27?,29-/m1/s1. The van der Waals surface area contributed by atoms with Crippen molar-refractivity contribution in [1.29, 1.82) is 0 Å². The van der Waals surface area contributed by atoms with Gasteiger partial charge in [-0.1, -0.05) is 56.3 Å². The minimum Gasteiger partial charge on any atom is -0.493 e. The number of ether oxygens (including phenoxy) is 3. The van der Waals surface area contributed by atoms with Crippen LogP contribution in [0.2, 0.25) is 0 Å². The van der Waals surface area contributed by atoms with Gasteiger partial charge in [-0.15, -0.1) is 0 Å². The topological polar surface area (TPSA) is 132 Å². The van der Waals surface area contributed by atoms with Crippen LogP contribution in [0.15, 0.2) is 54.6 Å². The van der Waals surface area contributed by atoms with E-state index < -0.39 is 18.2 Å². The van der Waals surface area contributed by atoms with Gasteiger partial charge in [-0.3, -0.25) is 9.59 Å². The molecule has 2 rings (SSSR count). The summed E-state index contributed by atoms with van der Waals surface area (Å²) in [5.41, 5.74) is 7.80. The highest BCUT2D eigenvalue weighted by Gasteiger charge is 2.25. The van der Waals surface area contributed by atoms with Crippen LogP contribution < -0.4 is 21.1 Å². The van der Waals surface area contributed by atoms with Crippen LogP contribution in [0.5, 0.6) is 5.75 Å². The van der Waals surface area contributed by atoms with Crippen molar-refractivity contribution in [3.05, 3.63) is 65.7 Å². The first-order valence-electron chi connectivity index (χ1n) is 14.0. The molecule has 40 heavy (non-hydrogen) atoms. The Morgan fingerprint density at radius 1 is 0.925 bits per heavy atom. The summed E-state index contributed by atoms with van der Waals surface area (Å²) in [6.07, 6.45) is 1.02. The second-order valence-electron chi connectivity index (χ2n) is 10.4. The number of nitrogens with one attached hydrogen (secondary N) is 2. The molecule has 0 aliphatic rings. The summed E-state index contributed by atoms with van der Waals surface area (Å²) in [6.45, 7) is 5.70. The van der Waals surface area contributed by atoms with Crippen molar-refractivity contribution in [2.45, 2.75) is 57.8 Å². The zero-order valence-electron chi connectivity index (χ0n) is 24.3. The second-order valence-corrected chi connectivity index (χ2v) is 10.4. The third-order valence-corrected chi connectivity index (χ3v) is 7.00. The van der Waals surface area contributed by atoms with Crippen LogP contribution in [-0.4, -0.2) is 75.7 Å². The molecule has 0 saturated carbocycles. The fourth-order valence-electron chi connectivity index (χ4n) is 4.31. The van der Waals surface area contributed by atoms with E-state index in [1.807, 2.05) is 36.4 Å². The number of hydrogen-bond donors (Lipinski definition) is 4. The quantitative estimate of drug-likeness (QED) is 0.195. The number of para-hydroxylation sites is 1. The molecule has 0 radical (unpaired) electrons. The van der Waals surface area contributed by atoms with Gasteiger partial charge in [0.1, 0.15) is 11.9 Å². The maximum absolute atomic E-state index is 13.0. The summed E-state index contributed by atoms with van der Waals surface area (Å²) in [5.74, 6) is 0.261. The normalized spacial score (nSPS) is 14.3. The van der Waals surface area contributed by atoms with Crippen molar-refractivity contribution in [1.82, 2.24) is 10.6 Å². The molecule has 2 aromatic carbocycles. The van der Waals surface area contributed by atoms with Crippen LogP contribution in [0.25, 0.3) is 0 Å². The second kappa shape index (κ2) is 18.4. The summed E-state index contributed by atoms with van der Waals surface area (Å²) < 4.78 is 16.3. The number of carbonyl (C=O) groups excluding carboxylic acids is 2. The lowest BCUT2D eigenvalue weighted by Crippen LogP contribution is -2.48. The van der Waals surface area contributed by atoms with Crippen LogP contribution in [-0.2, 0) is 20.7 Å². The lowest BCUT2D eigenvalue weighted by atomic mass is 9.87. The Bertz CT molecular complexity index is 1000. The van der Waals surface area contributed by atoms with Gasteiger partial charge in [0.05, 0.1) is 18.3 Å². The Hall–Kier alpha value is -2.98. The van der Waals surface area contributed by atoms with Gasteiger partial charge in [0, 0.05) is 46.4 Å². The molecule has 0 heterocycles. The third-order valence-electron chi connectivity index (χ3n) is 7.00. The Labute approximate surface area is 238 Å². The summed E-state index contributed by atoms with van der Waals surface area (Å²) >= 11 is 0. The number of amides is 2. The smallest absolute Gasteiger partial charge is 0.255 e. The first-order chi connectivity index (χ1) is 19.3. The molecule has 3 unspecified atom stereocenters. The van der Waals surface area contributed by atoms with E-state index in [1.165, 1.54) is 7.11 Å². The van der Waals surface area contributed by atoms with E-state index in [-0.39, 0.29) is 30.2 Å². The minimum absolute atomic E-state index is 0.0148. The number of aliphatic hydroxyl groups is 1. The number of unbranched alkanes of at least 4 members (excludes halogenated alkanes) is 1. The maximum Gasteiger partial charge on any atom is 0.255 e. The van der Waals surface area contributed by atoms with Crippen molar-refractivity contribution < 1.29 is 28.9 Å². The predicted octanol–water partition coefficient (Wildman–Crippen LogP) is 2.95. The molecule has 4 atom stereocenters. The molecule has 9 heteroatoms. The SMILES string of the molecule is COCCCCOc1ccccc1C(=O)NCC(CC(N)C(O)CNC(=O)[C@@H](Cc1ccccc1)OC)C(C)C. The third kappa shape index (κ3) is 11.6. The molecule has 0 bridgehead atoms. The van der Waals surface area contributed by atoms with Gasteiger partial charge < -0.3 is 35.7 Å². The lowest BCUT2D eigenvalue weighted by molar-refractivity contribution is -0.131. The highest BCUT2D eigenvalue weighted by molar-refractivity contribution is 5.96. The number of methoxy groups -OCH3 is 2. The fourth-order valence-corrected chi connectivity index (χ4v) is 4.31. The molecule has 2 aromatic rings. The summed E-state index contributed by atoms with van der Waals surface area (Å²) in [6, 6.07) is 16.2. The van der Waals surface area contributed by atoms with E-state index in [0.717, 1.165) is 18.4 Å². The fraction of sp³-hybridized carbons (Fsp3) is 0.548.